The fraction of sp³-hybridized carbons (Fsp3) is 0.667. The Morgan fingerprint density at radius 1 is 2.00 bits per heavy atom. The summed E-state index contributed by atoms with van der Waals surface area (Å²) in [7, 11) is 0. The van der Waals surface area contributed by atoms with E-state index < -0.39 is 0 Å². The van der Waals surface area contributed by atoms with Gasteiger partial charge in [0.2, 0.25) is 11.9 Å². The number of guanidine groups is 1. The summed E-state index contributed by atoms with van der Waals surface area (Å²) < 4.78 is 0. The van der Waals surface area contributed by atoms with Crippen molar-refractivity contribution in [3.8, 4) is 0 Å². The number of carbonyl (C=O) groups excluding carboxylic acids is 1. The van der Waals surface area contributed by atoms with Gasteiger partial charge < -0.3 is 11.1 Å². The number of aliphatic imine (C=N–C) groups is 1. The van der Waals surface area contributed by atoms with Crippen LogP contribution in [0.2, 0.25) is 0 Å². The third-order valence-corrected chi connectivity index (χ3v) is 1.37. The lowest BCUT2D eigenvalue weighted by Crippen LogP contribution is -2.45. The fourth-order valence-electron chi connectivity index (χ4n) is 0.777. The summed E-state index contributed by atoms with van der Waals surface area (Å²) in [6.45, 7) is 2.37. The second kappa shape index (κ2) is 3.91. The van der Waals surface area contributed by atoms with Gasteiger partial charge in [-0.1, -0.05) is 0 Å². The maximum atomic E-state index is 10.5. The van der Waals surface area contributed by atoms with Gasteiger partial charge in [0.15, 0.2) is 0 Å². The van der Waals surface area contributed by atoms with Crippen molar-refractivity contribution < 1.29 is 9.63 Å². The van der Waals surface area contributed by atoms with E-state index in [4.69, 9.17) is 10.6 Å². The van der Waals surface area contributed by atoms with Crippen LogP contribution in [0.25, 0.3) is 0 Å². The predicted octanol–water partition coefficient (Wildman–Crippen LogP) is -1.66. The summed E-state index contributed by atoms with van der Waals surface area (Å²) in [5.41, 5.74) is 7.71. The number of amides is 1. The van der Waals surface area contributed by atoms with Gasteiger partial charge >= 0.3 is 0 Å². The predicted molar refractivity (Wildman–Crippen MR) is 43.2 cm³/mol. The molecule has 1 rings (SSSR count). The van der Waals surface area contributed by atoms with Gasteiger partial charge in [0.25, 0.3) is 0 Å². The smallest absolute Gasteiger partial charge is 0.216 e. The van der Waals surface area contributed by atoms with Gasteiger partial charge in [-0.3, -0.25) is 9.63 Å². The highest BCUT2D eigenvalue weighted by molar-refractivity contribution is 5.77. The SMILES string of the molecule is CC(=O)NCC1CN=C(N)NO1. The van der Waals surface area contributed by atoms with Crippen molar-refractivity contribution in [1.29, 1.82) is 0 Å². The van der Waals surface area contributed by atoms with E-state index >= 15 is 0 Å². The first kappa shape index (κ1) is 8.79. The van der Waals surface area contributed by atoms with Gasteiger partial charge in [-0.2, -0.15) is 0 Å². The van der Waals surface area contributed by atoms with Crippen molar-refractivity contribution in [2.45, 2.75) is 13.0 Å². The molecule has 0 fully saturated rings. The Morgan fingerprint density at radius 3 is 3.25 bits per heavy atom. The van der Waals surface area contributed by atoms with Gasteiger partial charge in [-0.15, -0.1) is 0 Å². The monoisotopic (exact) mass is 172 g/mol. The van der Waals surface area contributed by atoms with Crippen LogP contribution in [0.3, 0.4) is 0 Å². The molecule has 6 nitrogen and oxygen atoms in total. The second-order valence-electron chi connectivity index (χ2n) is 2.50. The average Bonchev–Trinajstić information content (AvgIpc) is 2.03. The van der Waals surface area contributed by atoms with Crippen molar-refractivity contribution in [3.05, 3.63) is 0 Å². The Labute approximate surface area is 70.1 Å². The first-order valence-corrected chi connectivity index (χ1v) is 3.64. The molecule has 6 heteroatoms. The summed E-state index contributed by atoms with van der Waals surface area (Å²) in [4.78, 5) is 19.4. The maximum absolute atomic E-state index is 10.5. The van der Waals surface area contributed by atoms with E-state index in [-0.39, 0.29) is 18.0 Å². The van der Waals surface area contributed by atoms with Crippen LogP contribution in [0.15, 0.2) is 4.99 Å². The van der Waals surface area contributed by atoms with Crippen LogP contribution in [0.4, 0.5) is 0 Å². The molecule has 1 atom stereocenters. The molecular weight excluding hydrogens is 160 g/mol. The maximum Gasteiger partial charge on any atom is 0.216 e. The zero-order valence-electron chi connectivity index (χ0n) is 6.83. The number of nitrogens with zero attached hydrogens (tertiary/aromatic N) is 1. The van der Waals surface area contributed by atoms with Crippen LogP contribution in [-0.4, -0.2) is 31.1 Å². The van der Waals surface area contributed by atoms with Crippen LogP contribution in [0.5, 0.6) is 0 Å². The van der Waals surface area contributed by atoms with Gasteiger partial charge in [0, 0.05) is 13.5 Å². The molecule has 68 valence electrons. The standard InChI is InChI=1S/C6H12N4O2/c1-4(11)8-2-5-3-9-6(7)10-12-5/h5H,2-3H2,1H3,(H,8,11)(H3,7,9,10). The third kappa shape index (κ3) is 2.75. The van der Waals surface area contributed by atoms with Crippen molar-refractivity contribution in [2.75, 3.05) is 13.1 Å². The normalized spacial score (nSPS) is 22.4. The summed E-state index contributed by atoms with van der Waals surface area (Å²) in [6.07, 6.45) is -0.138. The zero-order valence-corrected chi connectivity index (χ0v) is 6.83. The summed E-state index contributed by atoms with van der Waals surface area (Å²) >= 11 is 0. The molecule has 0 aromatic rings. The van der Waals surface area contributed by atoms with E-state index in [0.29, 0.717) is 13.1 Å². The van der Waals surface area contributed by atoms with Crippen molar-refractivity contribution >= 4 is 11.9 Å². The van der Waals surface area contributed by atoms with Gasteiger partial charge in [0.05, 0.1) is 6.54 Å². The van der Waals surface area contributed by atoms with Gasteiger partial charge in [0.1, 0.15) is 6.10 Å². The molecule has 0 aliphatic carbocycles. The molecule has 4 N–H and O–H groups in total. The lowest BCUT2D eigenvalue weighted by atomic mass is 10.3. The highest BCUT2D eigenvalue weighted by atomic mass is 16.7. The minimum Gasteiger partial charge on any atom is -0.368 e. The fourth-order valence-corrected chi connectivity index (χ4v) is 0.777. The van der Waals surface area contributed by atoms with E-state index in [1.807, 2.05) is 0 Å². The summed E-state index contributed by atoms with van der Waals surface area (Å²) in [5.74, 6) is 0.190. The highest BCUT2D eigenvalue weighted by Gasteiger charge is 2.14. The Morgan fingerprint density at radius 2 is 2.75 bits per heavy atom. The first-order valence-electron chi connectivity index (χ1n) is 3.64. The van der Waals surface area contributed by atoms with Crippen LogP contribution in [0.1, 0.15) is 6.92 Å². The van der Waals surface area contributed by atoms with E-state index in [1.165, 1.54) is 6.92 Å². The molecule has 1 aliphatic heterocycles. The molecule has 0 bridgehead atoms. The Balaban J connectivity index is 2.23. The number of carbonyl (C=O) groups is 1. The minimum atomic E-state index is -0.138. The Bertz CT molecular complexity index is 204. The molecule has 0 saturated carbocycles. The van der Waals surface area contributed by atoms with E-state index in [1.54, 1.807) is 0 Å². The molecular formula is C6H12N4O2. The quantitative estimate of drug-likeness (QED) is 0.465. The molecule has 1 unspecified atom stereocenters. The van der Waals surface area contributed by atoms with Crippen LogP contribution in [-0.2, 0) is 9.63 Å². The molecule has 0 spiro atoms. The molecule has 0 radical (unpaired) electrons. The number of rotatable bonds is 2. The van der Waals surface area contributed by atoms with Crippen molar-refractivity contribution in [1.82, 2.24) is 10.8 Å². The number of hydroxylamine groups is 1. The number of hydrogen-bond acceptors (Lipinski definition) is 5. The Hall–Kier alpha value is -1.30. The van der Waals surface area contributed by atoms with Crippen LogP contribution < -0.4 is 16.5 Å². The van der Waals surface area contributed by atoms with Crippen LogP contribution in [0, 0.1) is 0 Å². The van der Waals surface area contributed by atoms with Crippen molar-refractivity contribution in [2.24, 2.45) is 10.7 Å². The molecule has 1 aliphatic rings. The first-order chi connectivity index (χ1) is 5.68. The molecule has 0 aromatic heterocycles. The zero-order chi connectivity index (χ0) is 8.97. The van der Waals surface area contributed by atoms with E-state index in [0.717, 1.165) is 0 Å². The van der Waals surface area contributed by atoms with Gasteiger partial charge in [-0.05, 0) is 0 Å². The van der Waals surface area contributed by atoms with E-state index in [9.17, 15) is 4.79 Å². The minimum absolute atomic E-state index is 0.0823. The van der Waals surface area contributed by atoms with E-state index in [2.05, 4.69) is 15.8 Å². The Kier molecular flexibility index (Phi) is 2.87. The van der Waals surface area contributed by atoms with Crippen molar-refractivity contribution in [3.63, 3.8) is 0 Å². The molecule has 1 amide bonds. The number of hydrogen-bond donors (Lipinski definition) is 3. The summed E-state index contributed by atoms with van der Waals surface area (Å²) in [6, 6.07) is 0. The summed E-state index contributed by atoms with van der Waals surface area (Å²) in [5, 5.41) is 2.62. The topological polar surface area (TPSA) is 88.7 Å². The molecule has 1 heterocycles. The number of nitrogens with one attached hydrogen (secondary N) is 2. The van der Waals surface area contributed by atoms with Gasteiger partial charge in [-0.25, -0.2) is 10.5 Å². The molecule has 0 saturated heterocycles. The third-order valence-electron chi connectivity index (χ3n) is 1.37. The lowest BCUT2D eigenvalue weighted by Gasteiger charge is -2.20. The average molecular weight is 172 g/mol. The number of nitrogens with two attached hydrogens (primary N) is 1. The lowest BCUT2D eigenvalue weighted by molar-refractivity contribution is -0.119. The largest absolute Gasteiger partial charge is 0.368 e. The van der Waals surface area contributed by atoms with Crippen LogP contribution >= 0.6 is 0 Å². The highest BCUT2D eigenvalue weighted by Crippen LogP contribution is 1.93. The second-order valence-corrected chi connectivity index (χ2v) is 2.50. The molecule has 0 aromatic carbocycles. The molecule has 12 heavy (non-hydrogen) atoms.